The highest BCUT2D eigenvalue weighted by atomic mass is 79.9. The average molecular weight is 328 g/mol. The van der Waals surface area contributed by atoms with E-state index in [1.165, 1.54) is 0 Å². The molecule has 0 heterocycles. The number of amides is 1. The molecule has 0 bridgehead atoms. The monoisotopic (exact) mass is 327 g/mol. The van der Waals surface area contributed by atoms with Gasteiger partial charge in [-0.3, -0.25) is 9.69 Å². The number of likely N-dealkylation sites (N-methyl/N-ethyl adjacent to an activating group) is 2. The Labute approximate surface area is 123 Å². The SMILES string of the molecule is CCNC(=O)CN(C)C(c1ccc(Br)cc1)C(C)N. The van der Waals surface area contributed by atoms with Crippen molar-refractivity contribution >= 4 is 21.8 Å². The minimum atomic E-state index is -0.0550. The first-order valence-corrected chi connectivity index (χ1v) is 7.23. The minimum absolute atomic E-state index is 0.0211. The zero-order valence-electron chi connectivity index (χ0n) is 11.7. The van der Waals surface area contributed by atoms with E-state index in [9.17, 15) is 4.79 Å². The summed E-state index contributed by atoms with van der Waals surface area (Å²) in [4.78, 5) is 13.6. The number of nitrogens with zero attached hydrogens (tertiary/aromatic N) is 1. The Bertz CT molecular complexity index is 406. The van der Waals surface area contributed by atoms with Crippen molar-refractivity contribution in [2.45, 2.75) is 25.9 Å². The van der Waals surface area contributed by atoms with Crippen molar-refractivity contribution in [1.29, 1.82) is 0 Å². The Morgan fingerprint density at radius 1 is 1.42 bits per heavy atom. The normalized spacial score (nSPS) is 14.2. The highest BCUT2D eigenvalue weighted by molar-refractivity contribution is 9.10. The predicted octanol–water partition coefficient (Wildman–Crippen LogP) is 1.91. The predicted molar refractivity (Wildman–Crippen MR) is 81.8 cm³/mol. The minimum Gasteiger partial charge on any atom is -0.355 e. The molecular formula is C14H22BrN3O. The summed E-state index contributed by atoms with van der Waals surface area (Å²) < 4.78 is 1.03. The van der Waals surface area contributed by atoms with Crippen molar-refractivity contribution in [3.05, 3.63) is 34.3 Å². The van der Waals surface area contributed by atoms with E-state index in [0.717, 1.165) is 10.0 Å². The van der Waals surface area contributed by atoms with E-state index in [2.05, 4.69) is 21.2 Å². The molecule has 2 unspecified atom stereocenters. The van der Waals surface area contributed by atoms with Gasteiger partial charge in [0.05, 0.1) is 6.54 Å². The van der Waals surface area contributed by atoms with E-state index >= 15 is 0 Å². The van der Waals surface area contributed by atoms with Crippen molar-refractivity contribution in [2.75, 3.05) is 20.1 Å². The first-order chi connectivity index (χ1) is 8.95. The van der Waals surface area contributed by atoms with Crippen molar-refractivity contribution in [2.24, 2.45) is 5.73 Å². The van der Waals surface area contributed by atoms with Crippen LogP contribution in [0.4, 0.5) is 0 Å². The van der Waals surface area contributed by atoms with Crippen molar-refractivity contribution in [1.82, 2.24) is 10.2 Å². The fourth-order valence-electron chi connectivity index (χ4n) is 2.20. The summed E-state index contributed by atoms with van der Waals surface area (Å²) in [7, 11) is 1.92. The van der Waals surface area contributed by atoms with E-state index in [4.69, 9.17) is 5.73 Å². The van der Waals surface area contributed by atoms with Gasteiger partial charge in [0.15, 0.2) is 0 Å². The van der Waals surface area contributed by atoms with Gasteiger partial charge in [0.1, 0.15) is 0 Å². The first-order valence-electron chi connectivity index (χ1n) is 6.43. The summed E-state index contributed by atoms with van der Waals surface area (Å²) in [6.45, 7) is 4.86. The molecule has 2 atom stereocenters. The molecule has 0 spiro atoms. The van der Waals surface area contributed by atoms with E-state index in [-0.39, 0.29) is 18.0 Å². The second-order valence-corrected chi connectivity index (χ2v) is 5.64. The molecule has 1 rings (SSSR count). The number of hydrogen-bond donors (Lipinski definition) is 2. The maximum Gasteiger partial charge on any atom is 0.234 e. The number of benzene rings is 1. The van der Waals surface area contributed by atoms with Crippen molar-refractivity contribution < 1.29 is 4.79 Å². The number of nitrogens with one attached hydrogen (secondary N) is 1. The third-order valence-electron chi connectivity index (χ3n) is 2.95. The number of halogens is 1. The second-order valence-electron chi connectivity index (χ2n) is 4.72. The van der Waals surface area contributed by atoms with E-state index in [0.29, 0.717) is 13.1 Å². The molecule has 3 N–H and O–H groups in total. The van der Waals surface area contributed by atoms with Crippen LogP contribution in [0.25, 0.3) is 0 Å². The molecular weight excluding hydrogens is 306 g/mol. The van der Waals surface area contributed by atoms with Gasteiger partial charge < -0.3 is 11.1 Å². The molecule has 1 aromatic carbocycles. The molecule has 1 amide bonds. The van der Waals surface area contributed by atoms with Crippen LogP contribution >= 0.6 is 15.9 Å². The second kappa shape index (κ2) is 7.62. The van der Waals surface area contributed by atoms with Gasteiger partial charge >= 0.3 is 0 Å². The largest absolute Gasteiger partial charge is 0.355 e. The third kappa shape index (κ3) is 4.93. The zero-order chi connectivity index (χ0) is 14.4. The quantitative estimate of drug-likeness (QED) is 0.839. The van der Waals surface area contributed by atoms with Gasteiger partial charge in [-0.05, 0) is 38.6 Å². The lowest BCUT2D eigenvalue weighted by Crippen LogP contribution is -2.42. The van der Waals surface area contributed by atoms with Gasteiger partial charge in [0.2, 0.25) is 5.91 Å². The lowest BCUT2D eigenvalue weighted by Gasteiger charge is -2.31. The van der Waals surface area contributed by atoms with E-state index in [1.807, 2.05) is 50.1 Å². The molecule has 5 heteroatoms. The molecule has 4 nitrogen and oxygen atoms in total. The van der Waals surface area contributed by atoms with Crippen LogP contribution in [0, 0.1) is 0 Å². The topological polar surface area (TPSA) is 58.4 Å². The summed E-state index contributed by atoms with van der Waals surface area (Å²) >= 11 is 3.42. The Hall–Kier alpha value is -0.910. The third-order valence-corrected chi connectivity index (χ3v) is 3.48. The lowest BCUT2D eigenvalue weighted by molar-refractivity contribution is -0.122. The summed E-state index contributed by atoms with van der Waals surface area (Å²) in [5, 5.41) is 2.80. The smallest absolute Gasteiger partial charge is 0.234 e. The van der Waals surface area contributed by atoms with Gasteiger partial charge in [-0.2, -0.15) is 0 Å². The summed E-state index contributed by atoms with van der Waals surface area (Å²) in [5.41, 5.74) is 7.19. The number of rotatable bonds is 6. The first kappa shape index (κ1) is 16.1. The summed E-state index contributed by atoms with van der Waals surface area (Å²) in [6.07, 6.45) is 0. The van der Waals surface area contributed by atoms with E-state index in [1.54, 1.807) is 0 Å². The maximum absolute atomic E-state index is 11.7. The molecule has 0 aliphatic rings. The fraction of sp³-hybridized carbons (Fsp3) is 0.500. The molecule has 1 aromatic rings. The molecule has 0 saturated carbocycles. The Balaban J connectivity index is 2.82. The maximum atomic E-state index is 11.7. The van der Waals surface area contributed by atoms with Crippen LogP contribution in [-0.2, 0) is 4.79 Å². The van der Waals surface area contributed by atoms with Crippen LogP contribution in [0.3, 0.4) is 0 Å². The van der Waals surface area contributed by atoms with Crippen LogP contribution in [0.1, 0.15) is 25.5 Å². The van der Waals surface area contributed by atoms with Crippen LogP contribution in [-0.4, -0.2) is 37.0 Å². The number of nitrogens with two attached hydrogens (primary N) is 1. The van der Waals surface area contributed by atoms with E-state index < -0.39 is 0 Å². The molecule has 106 valence electrons. The molecule has 19 heavy (non-hydrogen) atoms. The zero-order valence-corrected chi connectivity index (χ0v) is 13.3. The van der Waals surface area contributed by atoms with Gasteiger partial charge in [0.25, 0.3) is 0 Å². The highest BCUT2D eigenvalue weighted by Gasteiger charge is 2.22. The molecule has 0 aliphatic heterocycles. The number of hydrogen-bond acceptors (Lipinski definition) is 3. The Morgan fingerprint density at radius 2 is 2.00 bits per heavy atom. The van der Waals surface area contributed by atoms with Crippen LogP contribution < -0.4 is 11.1 Å². The van der Waals surface area contributed by atoms with Crippen molar-refractivity contribution in [3.63, 3.8) is 0 Å². The number of carbonyl (C=O) groups is 1. The molecule has 0 radical (unpaired) electrons. The Morgan fingerprint density at radius 3 is 2.47 bits per heavy atom. The molecule has 0 fully saturated rings. The summed E-state index contributed by atoms with van der Waals surface area (Å²) in [5.74, 6) is 0.0211. The molecule has 0 aliphatic carbocycles. The number of carbonyl (C=O) groups excluding carboxylic acids is 1. The van der Waals surface area contributed by atoms with Crippen LogP contribution in [0.15, 0.2) is 28.7 Å². The van der Waals surface area contributed by atoms with Gasteiger partial charge in [0, 0.05) is 23.1 Å². The van der Waals surface area contributed by atoms with Gasteiger partial charge in [-0.25, -0.2) is 0 Å². The highest BCUT2D eigenvalue weighted by Crippen LogP contribution is 2.23. The fourth-order valence-corrected chi connectivity index (χ4v) is 2.46. The average Bonchev–Trinajstić information content (AvgIpc) is 2.31. The van der Waals surface area contributed by atoms with Crippen LogP contribution in [0.2, 0.25) is 0 Å². The molecule has 0 aromatic heterocycles. The van der Waals surface area contributed by atoms with Crippen LogP contribution in [0.5, 0.6) is 0 Å². The standard InChI is InChI=1S/C14H22BrN3O/c1-4-17-13(19)9-18(3)14(10(2)16)11-5-7-12(15)8-6-11/h5-8,10,14H,4,9,16H2,1-3H3,(H,17,19). The lowest BCUT2D eigenvalue weighted by atomic mass is 9.99. The Kier molecular flexibility index (Phi) is 6.48. The van der Waals surface area contributed by atoms with Gasteiger partial charge in [-0.15, -0.1) is 0 Å². The van der Waals surface area contributed by atoms with Gasteiger partial charge in [-0.1, -0.05) is 28.1 Å². The molecule has 0 saturated heterocycles. The summed E-state index contributed by atoms with van der Waals surface area (Å²) in [6, 6.07) is 8.02. The van der Waals surface area contributed by atoms with Crippen molar-refractivity contribution in [3.8, 4) is 0 Å².